The molecule has 7 nitrogen and oxygen atoms in total. The summed E-state index contributed by atoms with van der Waals surface area (Å²) in [5.74, 6) is -4.17. The highest BCUT2D eigenvalue weighted by molar-refractivity contribution is 5.99. The maximum Gasteiger partial charge on any atom is 0.256 e. The molecule has 3 aromatic rings. The number of carbonyl (C=O) groups excluding carboxylic acids is 2. The first-order valence-electron chi connectivity index (χ1n) is 12.1. The lowest BCUT2D eigenvalue weighted by molar-refractivity contribution is -0.117. The van der Waals surface area contributed by atoms with Crippen LogP contribution in [0.1, 0.15) is 59.8 Å². The quantitative estimate of drug-likeness (QED) is 0.508. The molecule has 0 aliphatic carbocycles. The maximum absolute atomic E-state index is 14.0. The van der Waals surface area contributed by atoms with Gasteiger partial charge in [-0.15, -0.1) is 0 Å². The van der Waals surface area contributed by atoms with E-state index in [0.29, 0.717) is 48.4 Å². The molecule has 6 rings (SSSR count). The Hall–Kier alpha value is -3.69. The second-order valence-corrected chi connectivity index (χ2v) is 9.69. The standard InChI is InChI=1S/C26H24F3N5O2/c1-32-25(14-9-19(27)23(29)20(28)10-14)18-11-16-4-2-5-21(24(18)31-32)34(16)26(36)15-8-17(13-30-12-15)33-7-3-6-22(33)35/h8-10,12-13,16,21H,2-7,11H2,1H3/t16-,21+/m1/s1. The Bertz CT molecular complexity index is 1380. The van der Waals surface area contributed by atoms with E-state index in [1.807, 2.05) is 4.90 Å². The Morgan fingerprint density at radius 3 is 2.56 bits per heavy atom. The molecule has 0 spiro atoms. The largest absolute Gasteiger partial charge is 0.327 e. The second-order valence-electron chi connectivity index (χ2n) is 9.69. The lowest BCUT2D eigenvalue weighted by Gasteiger charge is -2.45. The predicted molar refractivity (Wildman–Crippen MR) is 125 cm³/mol. The van der Waals surface area contributed by atoms with E-state index in [2.05, 4.69) is 10.1 Å². The topological polar surface area (TPSA) is 71.3 Å². The van der Waals surface area contributed by atoms with Gasteiger partial charge >= 0.3 is 0 Å². The van der Waals surface area contributed by atoms with Crippen LogP contribution in [-0.2, 0) is 18.3 Å². The fourth-order valence-corrected chi connectivity index (χ4v) is 5.96. The van der Waals surface area contributed by atoms with Crippen LogP contribution in [0.15, 0.2) is 30.6 Å². The third-order valence-corrected chi connectivity index (χ3v) is 7.52. The number of benzene rings is 1. The number of aromatic nitrogens is 3. The molecule has 36 heavy (non-hydrogen) atoms. The van der Waals surface area contributed by atoms with Crippen LogP contribution in [0.5, 0.6) is 0 Å². The summed E-state index contributed by atoms with van der Waals surface area (Å²) in [5, 5.41) is 4.66. The van der Waals surface area contributed by atoms with Gasteiger partial charge in [0.25, 0.3) is 5.91 Å². The minimum atomic E-state index is -1.50. The van der Waals surface area contributed by atoms with Crippen LogP contribution in [0.3, 0.4) is 0 Å². The summed E-state index contributed by atoms with van der Waals surface area (Å²) >= 11 is 0. The summed E-state index contributed by atoms with van der Waals surface area (Å²) in [4.78, 5) is 33.7. The molecule has 10 heteroatoms. The molecule has 2 aromatic heterocycles. The molecule has 2 saturated heterocycles. The molecule has 1 aromatic carbocycles. The number of anilines is 1. The number of hydrogen-bond donors (Lipinski definition) is 0. The zero-order valence-corrected chi connectivity index (χ0v) is 19.7. The maximum atomic E-state index is 14.0. The van der Waals surface area contributed by atoms with Gasteiger partial charge in [0.15, 0.2) is 17.5 Å². The summed E-state index contributed by atoms with van der Waals surface area (Å²) in [5.41, 5.74) is 3.30. The number of pyridine rings is 1. The van der Waals surface area contributed by atoms with Gasteiger partial charge in [-0.25, -0.2) is 13.2 Å². The van der Waals surface area contributed by atoms with Crippen molar-refractivity contribution in [3.05, 3.63) is 64.9 Å². The summed E-state index contributed by atoms with van der Waals surface area (Å²) in [7, 11) is 1.68. The van der Waals surface area contributed by atoms with Crippen molar-refractivity contribution in [2.75, 3.05) is 11.4 Å². The molecule has 2 bridgehead atoms. The van der Waals surface area contributed by atoms with Crippen molar-refractivity contribution in [1.29, 1.82) is 0 Å². The average molecular weight is 496 g/mol. The van der Waals surface area contributed by atoms with Crippen LogP contribution in [0.4, 0.5) is 18.9 Å². The minimum Gasteiger partial charge on any atom is -0.327 e. The van der Waals surface area contributed by atoms with Gasteiger partial charge in [-0.1, -0.05) is 0 Å². The van der Waals surface area contributed by atoms with Crippen LogP contribution < -0.4 is 4.90 Å². The molecule has 3 aliphatic heterocycles. The number of amides is 2. The summed E-state index contributed by atoms with van der Waals surface area (Å²) in [6.45, 7) is 0.609. The first kappa shape index (κ1) is 22.8. The van der Waals surface area contributed by atoms with Crippen molar-refractivity contribution >= 4 is 17.5 Å². The van der Waals surface area contributed by atoms with Crippen molar-refractivity contribution in [2.24, 2.45) is 7.05 Å². The molecule has 5 heterocycles. The number of rotatable bonds is 3. The van der Waals surface area contributed by atoms with Crippen molar-refractivity contribution in [3.8, 4) is 11.3 Å². The van der Waals surface area contributed by atoms with E-state index < -0.39 is 17.5 Å². The Kier molecular flexibility index (Phi) is 5.35. The lowest BCUT2D eigenvalue weighted by Crippen LogP contribution is -2.49. The zero-order chi connectivity index (χ0) is 25.1. The van der Waals surface area contributed by atoms with Gasteiger partial charge in [-0.05, 0) is 50.3 Å². The normalized spacial score (nSPS) is 21.2. The van der Waals surface area contributed by atoms with E-state index in [1.54, 1.807) is 28.9 Å². The van der Waals surface area contributed by atoms with E-state index >= 15 is 0 Å². The van der Waals surface area contributed by atoms with Crippen molar-refractivity contribution in [1.82, 2.24) is 19.7 Å². The van der Waals surface area contributed by atoms with Crippen molar-refractivity contribution in [3.63, 3.8) is 0 Å². The third-order valence-electron chi connectivity index (χ3n) is 7.52. The molecular formula is C26H24F3N5O2. The number of halogens is 3. The number of hydrogen-bond acceptors (Lipinski definition) is 4. The highest BCUT2D eigenvalue weighted by Gasteiger charge is 2.44. The summed E-state index contributed by atoms with van der Waals surface area (Å²) in [6, 6.07) is 3.27. The molecule has 0 N–H and O–H groups in total. The van der Waals surface area contributed by atoms with Crippen LogP contribution in [0, 0.1) is 17.5 Å². The number of carbonyl (C=O) groups is 2. The Morgan fingerprint density at radius 1 is 1.06 bits per heavy atom. The van der Waals surface area contributed by atoms with Gasteiger partial charge < -0.3 is 9.80 Å². The number of nitrogens with zero attached hydrogens (tertiary/aromatic N) is 5. The highest BCUT2D eigenvalue weighted by atomic mass is 19.2. The SMILES string of the molecule is Cn1nc2c(c1-c1cc(F)c(F)c(F)c1)C[C@H]1CCC[C@@H]2N1C(=O)c1cncc(N2CCCC2=O)c1. The molecule has 0 radical (unpaired) electrons. The van der Waals surface area contributed by atoms with Crippen LogP contribution in [0.25, 0.3) is 11.3 Å². The fourth-order valence-electron chi connectivity index (χ4n) is 5.96. The van der Waals surface area contributed by atoms with E-state index in [-0.39, 0.29) is 29.5 Å². The lowest BCUT2D eigenvalue weighted by atomic mass is 9.81. The number of fused-ring (bicyclic) bond motifs is 4. The van der Waals surface area contributed by atoms with Gasteiger partial charge in [0.1, 0.15) is 0 Å². The van der Waals surface area contributed by atoms with E-state index in [9.17, 15) is 22.8 Å². The molecule has 0 unspecified atom stereocenters. The summed E-state index contributed by atoms with van der Waals surface area (Å²) < 4.78 is 43.2. The minimum absolute atomic E-state index is 0.0237. The van der Waals surface area contributed by atoms with Crippen LogP contribution >= 0.6 is 0 Å². The van der Waals surface area contributed by atoms with Crippen LogP contribution in [-0.4, -0.2) is 44.1 Å². The van der Waals surface area contributed by atoms with Crippen LogP contribution in [0.2, 0.25) is 0 Å². The third kappa shape index (κ3) is 3.50. The number of piperidine rings is 1. The average Bonchev–Trinajstić information content (AvgIpc) is 3.44. The molecule has 186 valence electrons. The van der Waals surface area contributed by atoms with Gasteiger partial charge in [0.05, 0.1) is 34.9 Å². The van der Waals surface area contributed by atoms with Gasteiger partial charge in [0.2, 0.25) is 5.91 Å². The molecule has 0 saturated carbocycles. The Morgan fingerprint density at radius 2 is 1.83 bits per heavy atom. The van der Waals surface area contributed by atoms with Crippen molar-refractivity contribution in [2.45, 2.75) is 50.6 Å². The molecule has 2 fully saturated rings. The first-order valence-corrected chi connectivity index (χ1v) is 12.1. The highest BCUT2D eigenvalue weighted by Crippen LogP contribution is 2.45. The number of aryl methyl sites for hydroxylation is 1. The molecule has 2 atom stereocenters. The Labute approximate surface area is 205 Å². The monoisotopic (exact) mass is 495 g/mol. The first-order chi connectivity index (χ1) is 17.3. The van der Waals surface area contributed by atoms with Crippen molar-refractivity contribution < 1.29 is 22.8 Å². The molecular weight excluding hydrogens is 471 g/mol. The van der Waals surface area contributed by atoms with Gasteiger partial charge in [-0.3, -0.25) is 19.3 Å². The summed E-state index contributed by atoms with van der Waals surface area (Å²) in [6.07, 6.45) is 7.26. The molecule has 3 aliphatic rings. The fraction of sp³-hybridized carbons (Fsp3) is 0.385. The zero-order valence-electron chi connectivity index (χ0n) is 19.7. The van der Waals surface area contributed by atoms with E-state index in [1.165, 1.54) is 6.20 Å². The van der Waals surface area contributed by atoms with E-state index in [0.717, 1.165) is 37.0 Å². The van der Waals surface area contributed by atoms with Gasteiger partial charge in [0, 0.05) is 43.4 Å². The second kappa shape index (κ2) is 8.46. The Balaban J connectivity index is 1.37. The van der Waals surface area contributed by atoms with Gasteiger partial charge in [-0.2, -0.15) is 5.10 Å². The molecule has 2 amide bonds. The predicted octanol–water partition coefficient (Wildman–Crippen LogP) is 4.32. The smallest absolute Gasteiger partial charge is 0.256 e. The van der Waals surface area contributed by atoms with E-state index in [4.69, 9.17) is 0 Å².